The fraction of sp³-hybridized carbons (Fsp3) is 0.100. The van der Waals surface area contributed by atoms with E-state index in [2.05, 4.69) is 54.6 Å². The third-order valence-corrected chi connectivity index (χ3v) is 4.23. The predicted octanol–water partition coefficient (Wildman–Crippen LogP) is 5.20. The smallest absolute Gasteiger partial charge is 0.0773 e. The van der Waals surface area contributed by atoms with Gasteiger partial charge in [-0.25, -0.2) is 0 Å². The standard InChI is InChI=1S/C20H16O/c1-13(21)20-17-9-5-3-7-15(17)12-19-16-8-4-2-6-14(16)10-11-18(19)20/h2-13,21H,1H3. The maximum atomic E-state index is 10.3. The Kier molecular flexibility index (Phi) is 2.69. The van der Waals surface area contributed by atoms with Crippen LogP contribution in [0, 0.1) is 0 Å². The number of fused-ring (bicyclic) bond motifs is 4. The molecule has 1 atom stereocenters. The molecule has 0 radical (unpaired) electrons. The van der Waals surface area contributed by atoms with Crippen LogP contribution in [0.3, 0.4) is 0 Å². The van der Waals surface area contributed by atoms with Gasteiger partial charge in [0, 0.05) is 0 Å². The molecule has 0 amide bonds. The zero-order chi connectivity index (χ0) is 14.4. The van der Waals surface area contributed by atoms with Gasteiger partial charge in [0.15, 0.2) is 0 Å². The number of aliphatic hydroxyl groups excluding tert-OH is 1. The van der Waals surface area contributed by atoms with Gasteiger partial charge in [0.25, 0.3) is 0 Å². The number of hydrogen-bond donors (Lipinski definition) is 1. The van der Waals surface area contributed by atoms with Crippen molar-refractivity contribution >= 4 is 32.3 Å². The topological polar surface area (TPSA) is 20.2 Å². The van der Waals surface area contributed by atoms with Crippen molar-refractivity contribution < 1.29 is 5.11 Å². The van der Waals surface area contributed by atoms with Crippen LogP contribution in [0.5, 0.6) is 0 Å². The second-order valence-electron chi connectivity index (χ2n) is 5.57. The molecule has 0 aliphatic heterocycles. The van der Waals surface area contributed by atoms with Gasteiger partial charge in [0.05, 0.1) is 6.10 Å². The zero-order valence-corrected chi connectivity index (χ0v) is 11.9. The lowest BCUT2D eigenvalue weighted by molar-refractivity contribution is 0.202. The van der Waals surface area contributed by atoms with Crippen LogP contribution in [0.15, 0.2) is 66.7 Å². The molecule has 0 aromatic heterocycles. The third kappa shape index (κ3) is 1.82. The molecule has 1 N–H and O–H groups in total. The number of benzene rings is 4. The van der Waals surface area contributed by atoms with E-state index in [1.54, 1.807) is 0 Å². The van der Waals surface area contributed by atoms with E-state index in [0.29, 0.717) is 0 Å². The molecule has 21 heavy (non-hydrogen) atoms. The normalized spacial score (nSPS) is 13.0. The SMILES string of the molecule is CC(O)c1c2ccccc2cc2c1ccc1ccccc12. The molecule has 0 spiro atoms. The van der Waals surface area contributed by atoms with Crippen LogP contribution in [0.1, 0.15) is 18.6 Å². The molecule has 102 valence electrons. The Balaban J connectivity index is 2.30. The first-order chi connectivity index (χ1) is 10.3. The van der Waals surface area contributed by atoms with Gasteiger partial charge in [-0.2, -0.15) is 0 Å². The van der Waals surface area contributed by atoms with E-state index < -0.39 is 6.10 Å². The van der Waals surface area contributed by atoms with E-state index in [9.17, 15) is 5.11 Å². The summed E-state index contributed by atoms with van der Waals surface area (Å²) >= 11 is 0. The fourth-order valence-electron chi connectivity index (χ4n) is 3.30. The molecule has 4 rings (SSSR count). The van der Waals surface area contributed by atoms with E-state index in [4.69, 9.17) is 0 Å². The zero-order valence-electron chi connectivity index (χ0n) is 11.9. The Hall–Kier alpha value is -2.38. The summed E-state index contributed by atoms with van der Waals surface area (Å²) in [5, 5.41) is 17.4. The van der Waals surface area contributed by atoms with E-state index in [1.165, 1.54) is 21.5 Å². The second kappa shape index (κ2) is 4.57. The van der Waals surface area contributed by atoms with Gasteiger partial charge in [-0.1, -0.05) is 60.7 Å². The Bertz CT molecular complexity index is 967. The Morgan fingerprint density at radius 1 is 0.667 bits per heavy atom. The van der Waals surface area contributed by atoms with Crippen LogP contribution >= 0.6 is 0 Å². The summed E-state index contributed by atoms with van der Waals surface area (Å²) in [7, 11) is 0. The van der Waals surface area contributed by atoms with Crippen molar-refractivity contribution in [3.05, 3.63) is 72.3 Å². The van der Waals surface area contributed by atoms with Gasteiger partial charge in [-0.05, 0) is 50.9 Å². The first-order valence-corrected chi connectivity index (χ1v) is 7.27. The van der Waals surface area contributed by atoms with Gasteiger partial charge >= 0.3 is 0 Å². The number of rotatable bonds is 1. The van der Waals surface area contributed by atoms with Crippen molar-refractivity contribution in [2.45, 2.75) is 13.0 Å². The molecule has 1 heteroatoms. The van der Waals surface area contributed by atoms with Crippen molar-refractivity contribution in [2.75, 3.05) is 0 Å². The van der Waals surface area contributed by atoms with E-state index in [0.717, 1.165) is 16.3 Å². The molecule has 0 fully saturated rings. The first-order valence-electron chi connectivity index (χ1n) is 7.27. The number of hydrogen-bond acceptors (Lipinski definition) is 1. The molecule has 0 bridgehead atoms. The van der Waals surface area contributed by atoms with Crippen LogP contribution in [-0.4, -0.2) is 5.11 Å². The minimum atomic E-state index is -0.486. The number of aliphatic hydroxyl groups is 1. The summed E-state index contributed by atoms with van der Waals surface area (Å²) in [5.41, 5.74) is 1.02. The van der Waals surface area contributed by atoms with E-state index >= 15 is 0 Å². The summed E-state index contributed by atoms with van der Waals surface area (Å²) in [6.45, 7) is 1.84. The quantitative estimate of drug-likeness (QED) is 0.373. The summed E-state index contributed by atoms with van der Waals surface area (Å²) in [6.07, 6.45) is -0.486. The average Bonchev–Trinajstić information content (AvgIpc) is 2.52. The van der Waals surface area contributed by atoms with Crippen LogP contribution in [0.4, 0.5) is 0 Å². The summed E-state index contributed by atoms with van der Waals surface area (Å²) < 4.78 is 0. The van der Waals surface area contributed by atoms with Crippen LogP contribution in [0.2, 0.25) is 0 Å². The molecule has 0 saturated heterocycles. The van der Waals surface area contributed by atoms with Crippen molar-refractivity contribution in [3.63, 3.8) is 0 Å². The highest BCUT2D eigenvalue weighted by atomic mass is 16.3. The molecule has 0 saturated carbocycles. The van der Waals surface area contributed by atoms with Gasteiger partial charge in [0.2, 0.25) is 0 Å². The first kappa shape index (κ1) is 12.4. The van der Waals surface area contributed by atoms with Gasteiger partial charge < -0.3 is 5.11 Å². The largest absolute Gasteiger partial charge is 0.389 e. The highest BCUT2D eigenvalue weighted by molar-refractivity contribution is 6.14. The molecule has 0 aliphatic carbocycles. The van der Waals surface area contributed by atoms with Crippen LogP contribution in [-0.2, 0) is 0 Å². The predicted molar refractivity (Wildman–Crippen MR) is 89.6 cm³/mol. The lowest BCUT2D eigenvalue weighted by Gasteiger charge is -2.15. The molecule has 0 aliphatic rings. The highest BCUT2D eigenvalue weighted by Gasteiger charge is 2.13. The lowest BCUT2D eigenvalue weighted by Crippen LogP contribution is -1.95. The molecule has 4 aromatic rings. The lowest BCUT2D eigenvalue weighted by atomic mass is 9.91. The minimum Gasteiger partial charge on any atom is -0.389 e. The van der Waals surface area contributed by atoms with Crippen molar-refractivity contribution in [1.29, 1.82) is 0 Å². The summed E-state index contributed by atoms with van der Waals surface area (Å²) in [5.74, 6) is 0. The van der Waals surface area contributed by atoms with Crippen molar-refractivity contribution in [3.8, 4) is 0 Å². The van der Waals surface area contributed by atoms with Crippen molar-refractivity contribution in [1.82, 2.24) is 0 Å². The molecular formula is C20H16O. The van der Waals surface area contributed by atoms with Gasteiger partial charge in [-0.3, -0.25) is 0 Å². The third-order valence-electron chi connectivity index (χ3n) is 4.23. The Labute approximate surface area is 123 Å². The summed E-state index contributed by atoms with van der Waals surface area (Å²) in [4.78, 5) is 0. The minimum absolute atomic E-state index is 0.486. The molecule has 0 heterocycles. The van der Waals surface area contributed by atoms with Crippen LogP contribution in [0.25, 0.3) is 32.3 Å². The maximum absolute atomic E-state index is 10.3. The Morgan fingerprint density at radius 3 is 2.10 bits per heavy atom. The Morgan fingerprint density at radius 2 is 1.33 bits per heavy atom. The monoisotopic (exact) mass is 272 g/mol. The molecule has 1 unspecified atom stereocenters. The molecule has 1 nitrogen and oxygen atoms in total. The van der Waals surface area contributed by atoms with E-state index in [-0.39, 0.29) is 0 Å². The molecule has 4 aromatic carbocycles. The van der Waals surface area contributed by atoms with E-state index in [1.807, 2.05) is 19.1 Å². The maximum Gasteiger partial charge on any atom is 0.0773 e. The molecular weight excluding hydrogens is 256 g/mol. The van der Waals surface area contributed by atoms with Crippen LogP contribution < -0.4 is 0 Å². The van der Waals surface area contributed by atoms with Gasteiger partial charge in [0.1, 0.15) is 0 Å². The van der Waals surface area contributed by atoms with Crippen molar-refractivity contribution in [2.24, 2.45) is 0 Å². The summed E-state index contributed by atoms with van der Waals surface area (Å²) in [6, 6.07) is 23.2. The average molecular weight is 272 g/mol. The fourth-order valence-corrected chi connectivity index (χ4v) is 3.30. The second-order valence-corrected chi connectivity index (χ2v) is 5.57. The highest BCUT2D eigenvalue weighted by Crippen LogP contribution is 2.36. The van der Waals surface area contributed by atoms with Gasteiger partial charge in [-0.15, -0.1) is 0 Å².